The zero-order valence-corrected chi connectivity index (χ0v) is 21.1. The van der Waals surface area contributed by atoms with Crippen molar-refractivity contribution in [3.05, 3.63) is 87.2 Å². The molecule has 1 saturated heterocycles. The zero-order chi connectivity index (χ0) is 25.8. The first kappa shape index (κ1) is 24.6. The molecule has 2 aliphatic heterocycles. The lowest BCUT2D eigenvalue weighted by Crippen LogP contribution is -2.52. The molecule has 3 heterocycles. The molecule has 2 aliphatic rings. The summed E-state index contributed by atoms with van der Waals surface area (Å²) < 4.78 is 62.8. The molecular weight excluding hydrogens is 532 g/mol. The molecule has 1 aromatic heterocycles. The highest BCUT2D eigenvalue weighted by atomic mass is 35.5. The predicted octanol–water partition coefficient (Wildman–Crippen LogP) is 3.25. The molecule has 0 aliphatic carbocycles. The lowest BCUT2D eigenvalue weighted by Gasteiger charge is -2.39. The Morgan fingerprint density at radius 3 is 2.25 bits per heavy atom. The lowest BCUT2D eigenvalue weighted by atomic mass is 10.1. The second-order valence-corrected chi connectivity index (χ2v) is 12.3. The van der Waals surface area contributed by atoms with Crippen LogP contribution < -0.4 is 4.31 Å². The average Bonchev–Trinajstić information content (AvgIpc) is 3.21. The van der Waals surface area contributed by atoms with E-state index < -0.39 is 37.2 Å². The molecule has 11 nitrogen and oxygen atoms in total. The number of benzene rings is 2. The van der Waals surface area contributed by atoms with Crippen LogP contribution in [0.5, 0.6) is 0 Å². The van der Waals surface area contributed by atoms with Gasteiger partial charge in [-0.2, -0.15) is 4.31 Å². The summed E-state index contributed by atoms with van der Waals surface area (Å²) in [4.78, 5) is 14.2. The molecule has 2 aromatic carbocycles. The minimum Gasteiger partial charge on any atom is -0.354 e. The van der Waals surface area contributed by atoms with Gasteiger partial charge in [0, 0.05) is 30.4 Å². The third-order valence-electron chi connectivity index (χ3n) is 6.09. The van der Waals surface area contributed by atoms with Gasteiger partial charge in [-0.15, -0.1) is 0 Å². The monoisotopic (exact) mass is 550 g/mol. The maximum Gasteiger partial charge on any atom is 0.269 e. The Bertz CT molecular complexity index is 1560. The minimum atomic E-state index is -4.22. The fourth-order valence-electron chi connectivity index (χ4n) is 4.39. The number of rotatable bonds is 5. The zero-order valence-electron chi connectivity index (χ0n) is 18.7. The van der Waals surface area contributed by atoms with Gasteiger partial charge < -0.3 is 4.74 Å². The summed E-state index contributed by atoms with van der Waals surface area (Å²) in [5, 5.41) is 10.9. The van der Waals surface area contributed by atoms with Crippen LogP contribution in [0, 0.1) is 17.0 Å². The number of fused-ring (bicyclic) bond motifs is 3. The van der Waals surface area contributed by atoms with E-state index >= 15 is 0 Å². The van der Waals surface area contributed by atoms with Gasteiger partial charge in [-0.25, -0.2) is 26.1 Å². The summed E-state index contributed by atoms with van der Waals surface area (Å²) in [6, 6.07) is 11.2. The molecule has 3 aromatic rings. The third-order valence-corrected chi connectivity index (χ3v) is 10.0. The first-order chi connectivity index (χ1) is 17.0. The van der Waals surface area contributed by atoms with E-state index in [0.717, 1.165) is 38.4 Å². The number of nitrogens with zero attached hydrogens (tertiary/aromatic N) is 4. The Labute approximate surface area is 212 Å². The molecule has 0 saturated carbocycles. The van der Waals surface area contributed by atoms with Crippen LogP contribution in [-0.2, 0) is 24.8 Å². The van der Waals surface area contributed by atoms with Crippen LogP contribution in [0.2, 0.25) is 5.15 Å². The first-order valence-electron chi connectivity index (χ1n) is 10.7. The molecule has 5 rings (SSSR count). The molecule has 0 N–H and O–H groups in total. The van der Waals surface area contributed by atoms with Gasteiger partial charge in [-0.3, -0.25) is 10.1 Å². The number of sulfonamides is 2. The van der Waals surface area contributed by atoms with Crippen molar-refractivity contribution in [1.29, 1.82) is 0 Å². The fraction of sp³-hybridized carbons (Fsp3) is 0.227. The van der Waals surface area contributed by atoms with Crippen LogP contribution in [0.15, 0.2) is 70.6 Å². The van der Waals surface area contributed by atoms with Crippen LogP contribution in [0.4, 0.5) is 11.4 Å². The van der Waals surface area contributed by atoms with Crippen LogP contribution in [0.25, 0.3) is 0 Å². The number of nitro benzene ring substituents is 1. The number of non-ortho nitro benzene ring substituents is 1. The van der Waals surface area contributed by atoms with Gasteiger partial charge in [0.1, 0.15) is 0 Å². The average molecular weight is 551 g/mol. The van der Waals surface area contributed by atoms with Crippen molar-refractivity contribution < 1.29 is 26.5 Å². The Balaban J connectivity index is 1.63. The van der Waals surface area contributed by atoms with Gasteiger partial charge in [-0.1, -0.05) is 29.3 Å². The summed E-state index contributed by atoms with van der Waals surface area (Å²) in [7, 11) is -8.43. The van der Waals surface area contributed by atoms with Crippen LogP contribution >= 0.6 is 11.6 Å². The van der Waals surface area contributed by atoms with E-state index in [9.17, 15) is 26.9 Å². The summed E-state index contributed by atoms with van der Waals surface area (Å²) >= 11 is 6.37. The SMILES string of the molecule is Cc1ccc(S(=O)(=O)N2c3c(ccnc3Cl)[C@@H]3[C@H]2OCCN3S(=O)(=O)c2ccc([N+](=O)[O-])cc2)cc1. The van der Waals surface area contributed by atoms with Crippen molar-refractivity contribution in [2.24, 2.45) is 0 Å². The van der Waals surface area contributed by atoms with Crippen molar-refractivity contribution in [2.45, 2.75) is 29.0 Å². The number of ether oxygens (including phenoxy) is 1. The van der Waals surface area contributed by atoms with Crippen LogP contribution in [-0.4, -0.2) is 50.4 Å². The van der Waals surface area contributed by atoms with Crippen molar-refractivity contribution in [1.82, 2.24) is 9.29 Å². The van der Waals surface area contributed by atoms with Gasteiger partial charge in [0.25, 0.3) is 15.7 Å². The van der Waals surface area contributed by atoms with Crippen molar-refractivity contribution in [2.75, 3.05) is 17.5 Å². The number of aromatic nitrogens is 1. The molecule has 14 heteroatoms. The second kappa shape index (κ2) is 8.78. The Hall–Kier alpha value is -3.10. The summed E-state index contributed by atoms with van der Waals surface area (Å²) in [6.45, 7) is 1.66. The maximum absolute atomic E-state index is 13.8. The summed E-state index contributed by atoms with van der Waals surface area (Å²) in [5.74, 6) is 0. The van der Waals surface area contributed by atoms with Gasteiger partial charge in [0.2, 0.25) is 10.0 Å². The topological polar surface area (TPSA) is 140 Å². The molecule has 0 unspecified atom stereocenters. The Morgan fingerprint density at radius 1 is 1.00 bits per heavy atom. The van der Waals surface area contributed by atoms with E-state index in [1.54, 1.807) is 12.1 Å². The number of aryl methyl sites for hydroxylation is 1. The molecule has 0 amide bonds. The smallest absolute Gasteiger partial charge is 0.269 e. The molecule has 0 spiro atoms. The van der Waals surface area contributed by atoms with E-state index in [4.69, 9.17) is 16.3 Å². The van der Waals surface area contributed by atoms with E-state index in [-0.39, 0.29) is 39.5 Å². The maximum atomic E-state index is 13.8. The number of hydrogen-bond donors (Lipinski definition) is 0. The lowest BCUT2D eigenvalue weighted by molar-refractivity contribution is -0.384. The van der Waals surface area contributed by atoms with Crippen molar-refractivity contribution in [3.8, 4) is 0 Å². The molecule has 36 heavy (non-hydrogen) atoms. The highest BCUT2D eigenvalue weighted by Crippen LogP contribution is 2.51. The van der Waals surface area contributed by atoms with E-state index in [2.05, 4.69) is 4.98 Å². The van der Waals surface area contributed by atoms with Gasteiger partial charge >= 0.3 is 0 Å². The Morgan fingerprint density at radius 2 is 1.61 bits per heavy atom. The Kier molecular flexibility index (Phi) is 6.00. The molecule has 1 fully saturated rings. The fourth-order valence-corrected chi connectivity index (χ4v) is 7.87. The van der Waals surface area contributed by atoms with Crippen LogP contribution in [0.3, 0.4) is 0 Å². The molecular formula is C22H19ClN4O7S2. The normalized spacial score (nSPS) is 20.1. The third kappa shape index (κ3) is 3.83. The quantitative estimate of drug-likeness (QED) is 0.268. The van der Waals surface area contributed by atoms with Crippen molar-refractivity contribution in [3.63, 3.8) is 0 Å². The summed E-state index contributed by atoms with van der Waals surface area (Å²) in [5.41, 5.74) is 0.970. The van der Waals surface area contributed by atoms with Gasteiger partial charge in [0.05, 0.1) is 33.1 Å². The highest BCUT2D eigenvalue weighted by Gasteiger charge is 2.54. The second-order valence-electron chi connectivity index (χ2n) is 8.23. The number of anilines is 1. The number of hydrogen-bond acceptors (Lipinski definition) is 8. The number of pyridine rings is 1. The molecule has 0 bridgehead atoms. The van der Waals surface area contributed by atoms with Crippen LogP contribution in [0.1, 0.15) is 17.2 Å². The van der Waals surface area contributed by atoms with E-state index in [0.29, 0.717) is 5.56 Å². The first-order valence-corrected chi connectivity index (χ1v) is 13.9. The highest BCUT2D eigenvalue weighted by molar-refractivity contribution is 7.93. The molecule has 188 valence electrons. The predicted molar refractivity (Wildman–Crippen MR) is 130 cm³/mol. The standard InChI is InChI=1S/C22H19ClN4O7S2/c1-14-2-6-17(7-3-14)36(32,33)26-19-18(10-11-24-21(19)23)20-22(26)34-13-12-25(20)35(30,31)16-8-4-15(5-9-16)27(28)29/h2-11,20,22H,12-13H2,1H3/t20-,22-/m1/s1. The van der Waals surface area contributed by atoms with Crippen molar-refractivity contribution >= 4 is 43.0 Å². The van der Waals surface area contributed by atoms with E-state index in [1.165, 1.54) is 24.4 Å². The number of nitro groups is 1. The van der Waals surface area contributed by atoms with Gasteiger partial charge in [0.15, 0.2) is 11.4 Å². The molecule has 0 radical (unpaired) electrons. The molecule has 2 atom stereocenters. The number of morpholine rings is 1. The van der Waals surface area contributed by atoms with E-state index in [1.807, 2.05) is 6.92 Å². The largest absolute Gasteiger partial charge is 0.354 e. The summed E-state index contributed by atoms with van der Waals surface area (Å²) in [6.07, 6.45) is 0.125. The van der Waals surface area contributed by atoms with Gasteiger partial charge in [-0.05, 0) is 37.3 Å². The minimum absolute atomic E-state index is 0.0152. The number of halogens is 1.